The van der Waals surface area contributed by atoms with Crippen LogP contribution < -0.4 is 5.56 Å². The first-order valence-electron chi connectivity index (χ1n) is 9.30. The van der Waals surface area contributed by atoms with E-state index in [1.807, 2.05) is 12.3 Å². The van der Waals surface area contributed by atoms with Gasteiger partial charge in [-0.25, -0.2) is 9.37 Å². The average molecular weight is 397 g/mol. The van der Waals surface area contributed by atoms with E-state index in [0.717, 1.165) is 30.5 Å². The molecule has 28 heavy (non-hydrogen) atoms. The first kappa shape index (κ1) is 18.6. The Kier molecular flexibility index (Phi) is 5.09. The fourth-order valence-electron chi connectivity index (χ4n) is 3.59. The van der Waals surface area contributed by atoms with Gasteiger partial charge >= 0.3 is 0 Å². The van der Waals surface area contributed by atoms with E-state index in [4.69, 9.17) is 0 Å². The zero-order valence-electron chi connectivity index (χ0n) is 15.5. The Bertz CT molecular complexity index is 1110. The number of hydrogen-bond donors (Lipinski definition) is 0. The molecule has 1 aliphatic carbocycles. The number of benzene rings is 1. The van der Waals surface area contributed by atoms with Gasteiger partial charge in [0.2, 0.25) is 5.91 Å². The second kappa shape index (κ2) is 7.67. The largest absolute Gasteiger partial charge is 0.315 e. The lowest BCUT2D eigenvalue weighted by molar-refractivity contribution is -0.129. The Labute approximate surface area is 165 Å². The highest BCUT2D eigenvalue weighted by atomic mass is 32.1. The maximum Gasteiger partial charge on any atom is 0.263 e. The van der Waals surface area contributed by atoms with Gasteiger partial charge in [0.25, 0.3) is 5.56 Å². The summed E-state index contributed by atoms with van der Waals surface area (Å²) in [6, 6.07) is 6.02. The number of likely N-dealkylation sites (N-methyl/N-ethyl adjacent to an activating group) is 1. The number of fused-ring (bicyclic) bond motifs is 1. The summed E-state index contributed by atoms with van der Waals surface area (Å²) in [5, 5.41) is 2.32. The van der Waals surface area contributed by atoms with Crippen LogP contribution in [-0.4, -0.2) is 26.9 Å². The Hall–Kier alpha value is -2.80. The molecule has 3 aromatic rings. The summed E-state index contributed by atoms with van der Waals surface area (Å²) >= 11 is 1.36. The molecule has 5 nitrogen and oxygen atoms in total. The lowest BCUT2D eigenvalue weighted by Gasteiger charge is -2.22. The fraction of sp³-hybridized carbons (Fsp3) is 0.286. The molecule has 0 radical (unpaired) electrons. The molecule has 0 bridgehead atoms. The van der Waals surface area contributed by atoms with E-state index in [9.17, 15) is 14.0 Å². The van der Waals surface area contributed by atoms with Crippen LogP contribution in [0.4, 0.5) is 4.39 Å². The number of allylic oxidation sites excluding steroid dienone is 2. The van der Waals surface area contributed by atoms with Crippen LogP contribution in [0.1, 0.15) is 26.2 Å². The van der Waals surface area contributed by atoms with Gasteiger partial charge in [-0.3, -0.25) is 14.2 Å². The summed E-state index contributed by atoms with van der Waals surface area (Å²) in [6.45, 7) is 2.47. The van der Waals surface area contributed by atoms with Gasteiger partial charge in [0.15, 0.2) is 0 Å². The molecule has 1 aliphatic rings. The number of amides is 1. The third-order valence-electron chi connectivity index (χ3n) is 5.00. The van der Waals surface area contributed by atoms with Crippen molar-refractivity contribution in [3.8, 4) is 11.1 Å². The minimum Gasteiger partial charge on any atom is -0.315 e. The molecular weight excluding hydrogens is 377 g/mol. The van der Waals surface area contributed by atoms with E-state index in [1.165, 1.54) is 34.4 Å². The molecule has 0 fully saturated rings. The fourth-order valence-corrected chi connectivity index (χ4v) is 4.50. The van der Waals surface area contributed by atoms with Crippen LogP contribution in [0.15, 0.2) is 52.5 Å². The normalized spacial score (nSPS) is 13.7. The number of carbonyl (C=O) groups excluding carboxylic acids is 1. The lowest BCUT2D eigenvalue weighted by Crippen LogP contribution is -2.35. The molecule has 0 atom stereocenters. The molecule has 7 heteroatoms. The topological polar surface area (TPSA) is 55.2 Å². The quantitative estimate of drug-likeness (QED) is 0.649. The van der Waals surface area contributed by atoms with Gasteiger partial charge in [-0.2, -0.15) is 0 Å². The predicted octanol–water partition coefficient (Wildman–Crippen LogP) is 4.18. The van der Waals surface area contributed by atoms with Crippen molar-refractivity contribution < 1.29 is 9.18 Å². The first-order chi connectivity index (χ1) is 13.6. The summed E-state index contributed by atoms with van der Waals surface area (Å²) < 4.78 is 14.6. The highest BCUT2D eigenvalue weighted by Gasteiger charge is 2.20. The van der Waals surface area contributed by atoms with Gasteiger partial charge < -0.3 is 4.90 Å². The van der Waals surface area contributed by atoms with Crippen molar-refractivity contribution in [2.45, 2.75) is 32.7 Å². The maximum atomic E-state index is 13.2. The molecule has 0 aliphatic heterocycles. The van der Waals surface area contributed by atoms with Crippen molar-refractivity contribution in [1.29, 1.82) is 0 Å². The van der Waals surface area contributed by atoms with Crippen LogP contribution in [0.25, 0.3) is 21.3 Å². The third kappa shape index (κ3) is 3.38. The summed E-state index contributed by atoms with van der Waals surface area (Å²) in [7, 11) is 0. The van der Waals surface area contributed by atoms with Crippen molar-refractivity contribution in [1.82, 2.24) is 14.5 Å². The van der Waals surface area contributed by atoms with Crippen LogP contribution in [0, 0.1) is 5.82 Å². The van der Waals surface area contributed by atoms with E-state index in [2.05, 4.69) is 11.1 Å². The number of rotatable bonds is 5. The van der Waals surface area contributed by atoms with Crippen molar-refractivity contribution in [2.75, 3.05) is 6.54 Å². The van der Waals surface area contributed by atoms with E-state index in [-0.39, 0.29) is 23.8 Å². The molecule has 4 rings (SSSR count). The van der Waals surface area contributed by atoms with Crippen molar-refractivity contribution >= 4 is 27.5 Å². The number of carbonyl (C=O) groups is 1. The summed E-state index contributed by atoms with van der Waals surface area (Å²) in [5.74, 6) is -0.442. The van der Waals surface area contributed by atoms with Gasteiger partial charge in [-0.05, 0) is 43.9 Å². The average Bonchev–Trinajstić information content (AvgIpc) is 3.36. The molecule has 0 saturated carbocycles. The predicted molar refractivity (Wildman–Crippen MR) is 109 cm³/mol. The van der Waals surface area contributed by atoms with Crippen LogP contribution >= 0.6 is 11.3 Å². The molecule has 0 unspecified atom stereocenters. The van der Waals surface area contributed by atoms with E-state index < -0.39 is 0 Å². The van der Waals surface area contributed by atoms with Crippen molar-refractivity contribution in [3.63, 3.8) is 0 Å². The zero-order valence-corrected chi connectivity index (χ0v) is 16.3. The smallest absolute Gasteiger partial charge is 0.263 e. The number of hydrogen-bond acceptors (Lipinski definition) is 4. The molecule has 0 N–H and O–H groups in total. The Morgan fingerprint density at radius 2 is 2.11 bits per heavy atom. The molecule has 2 aromatic heterocycles. The van der Waals surface area contributed by atoms with E-state index in [0.29, 0.717) is 22.3 Å². The van der Waals surface area contributed by atoms with Crippen molar-refractivity contribution in [3.05, 3.63) is 63.9 Å². The van der Waals surface area contributed by atoms with Crippen molar-refractivity contribution in [2.24, 2.45) is 0 Å². The lowest BCUT2D eigenvalue weighted by atomic mass is 10.1. The van der Waals surface area contributed by atoms with Gasteiger partial charge in [-0.15, -0.1) is 11.3 Å². The Morgan fingerprint density at radius 1 is 1.32 bits per heavy atom. The van der Waals surface area contributed by atoms with Crippen LogP contribution in [0.2, 0.25) is 0 Å². The summed E-state index contributed by atoms with van der Waals surface area (Å²) in [5.41, 5.74) is 2.25. The van der Waals surface area contributed by atoms with E-state index in [1.54, 1.807) is 17.0 Å². The molecule has 0 saturated heterocycles. The van der Waals surface area contributed by atoms with Gasteiger partial charge in [0.05, 0.1) is 11.7 Å². The van der Waals surface area contributed by atoms with Gasteiger partial charge in [0.1, 0.15) is 17.2 Å². The zero-order chi connectivity index (χ0) is 19.7. The van der Waals surface area contributed by atoms with Crippen LogP contribution in [-0.2, 0) is 11.3 Å². The van der Waals surface area contributed by atoms with Crippen LogP contribution in [0.5, 0.6) is 0 Å². The highest BCUT2D eigenvalue weighted by Crippen LogP contribution is 2.30. The number of aromatic nitrogens is 2. The SMILES string of the molecule is CCN(C(=O)Cn1cnc2scc(-c3ccc(F)cc3)c2c1=O)C1=CCCC1. The molecular formula is C21H20FN3O2S. The number of halogens is 1. The van der Waals surface area contributed by atoms with Crippen LogP contribution in [0.3, 0.4) is 0 Å². The molecule has 1 amide bonds. The molecule has 1 aromatic carbocycles. The summed E-state index contributed by atoms with van der Waals surface area (Å²) in [6.07, 6.45) is 6.47. The minimum atomic E-state index is -0.328. The number of thiophene rings is 1. The number of nitrogens with zero attached hydrogens (tertiary/aromatic N) is 3. The summed E-state index contributed by atoms with van der Waals surface area (Å²) in [4.78, 5) is 32.6. The molecule has 144 valence electrons. The second-order valence-electron chi connectivity index (χ2n) is 6.74. The van der Waals surface area contributed by atoms with Gasteiger partial charge in [-0.1, -0.05) is 18.2 Å². The Balaban J connectivity index is 1.69. The molecule has 2 heterocycles. The third-order valence-corrected chi connectivity index (χ3v) is 5.89. The van der Waals surface area contributed by atoms with Gasteiger partial charge in [0, 0.05) is 23.2 Å². The maximum absolute atomic E-state index is 13.2. The van der Waals surface area contributed by atoms with E-state index >= 15 is 0 Å². The minimum absolute atomic E-state index is 0.0499. The molecule has 0 spiro atoms. The standard InChI is InChI=1S/C21H20FN3O2S/c1-2-25(16-5-3-4-6-16)18(26)11-24-13-23-20-19(21(24)27)17(12-28-20)14-7-9-15(22)10-8-14/h5,7-10,12-13H,2-4,6,11H2,1H3. The second-order valence-corrected chi connectivity index (χ2v) is 7.60. The first-order valence-corrected chi connectivity index (χ1v) is 10.2. The highest BCUT2D eigenvalue weighted by molar-refractivity contribution is 7.17. The Morgan fingerprint density at radius 3 is 2.79 bits per heavy atom. The monoisotopic (exact) mass is 397 g/mol.